The van der Waals surface area contributed by atoms with E-state index in [4.69, 9.17) is 11.2 Å². The maximum atomic E-state index is 5.60. The number of ether oxygens (including phenoxy) is 1. The third-order valence-corrected chi connectivity index (χ3v) is 4.08. The molecule has 0 saturated carbocycles. The first-order valence-corrected chi connectivity index (χ1v) is 8.41. The van der Waals surface area contributed by atoms with Crippen molar-refractivity contribution < 1.29 is 4.74 Å². The first kappa shape index (κ1) is 16.8. The third-order valence-electron chi connectivity index (χ3n) is 3.03. The summed E-state index contributed by atoms with van der Waals surface area (Å²) >= 11 is 6.96. The van der Waals surface area contributed by atoms with E-state index in [9.17, 15) is 0 Å². The number of benzene rings is 2. The molecule has 2 nitrogen and oxygen atoms in total. The zero-order valence-electron chi connectivity index (χ0n) is 12.1. The fourth-order valence-corrected chi connectivity index (χ4v) is 3.28. The molecule has 4 heteroatoms. The first-order valence-electron chi connectivity index (χ1n) is 6.82. The van der Waals surface area contributed by atoms with E-state index in [-0.39, 0.29) is 6.61 Å². The quantitative estimate of drug-likeness (QED) is 0.459. The summed E-state index contributed by atoms with van der Waals surface area (Å²) in [7, 11) is 0. The summed E-state index contributed by atoms with van der Waals surface area (Å²) in [5, 5.41) is 0. The van der Waals surface area contributed by atoms with Crippen LogP contribution >= 0.6 is 31.9 Å². The summed E-state index contributed by atoms with van der Waals surface area (Å²) in [6.45, 7) is 2.35. The predicted molar refractivity (Wildman–Crippen MR) is 99.2 cm³/mol. The van der Waals surface area contributed by atoms with Gasteiger partial charge in [-0.3, -0.25) is 4.99 Å². The van der Waals surface area contributed by atoms with Crippen LogP contribution in [0.3, 0.4) is 0 Å². The molecule has 2 aromatic carbocycles. The van der Waals surface area contributed by atoms with Crippen molar-refractivity contribution >= 4 is 43.8 Å². The number of halogens is 2. The number of hydrogen-bond acceptors (Lipinski definition) is 2. The predicted octanol–water partition coefficient (Wildman–Crippen LogP) is 5.54. The van der Waals surface area contributed by atoms with Gasteiger partial charge in [-0.2, -0.15) is 0 Å². The summed E-state index contributed by atoms with van der Waals surface area (Å²) < 4.78 is 7.38. The Bertz CT molecular complexity index is 715. The van der Waals surface area contributed by atoms with Gasteiger partial charge in [-0.25, -0.2) is 0 Å². The largest absolute Gasteiger partial charge is 0.479 e. The number of aryl methyl sites for hydroxylation is 1. The molecule has 0 bridgehead atoms. The van der Waals surface area contributed by atoms with E-state index in [1.165, 1.54) is 5.56 Å². The van der Waals surface area contributed by atoms with Crippen LogP contribution in [0.1, 0.15) is 18.1 Å². The van der Waals surface area contributed by atoms with Gasteiger partial charge in [0.05, 0.1) is 10.2 Å². The average molecular weight is 421 g/mol. The normalized spacial score (nSPS) is 10.6. The number of nitrogens with zero attached hydrogens (tertiary/aromatic N) is 1. The Balaban J connectivity index is 2.30. The maximum absolute atomic E-state index is 5.60. The Hall–Kier alpha value is -1.57. The molecule has 0 heterocycles. The topological polar surface area (TPSA) is 21.6 Å². The smallest absolute Gasteiger partial charge is 0.148 e. The second kappa shape index (κ2) is 8.17. The molecule has 0 aromatic heterocycles. The van der Waals surface area contributed by atoms with E-state index in [0.29, 0.717) is 5.75 Å². The third kappa shape index (κ3) is 4.46. The molecule has 0 radical (unpaired) electrons. The monoisotopic (exact) mass is 419 g/mol. The van der Waals surface area contributed by atoms with Crippen LogP contribution in [-0.2, 0) is 6.42 Å². The lowest BCUT2D eigenvalue weighted by atomic mass is 10.1. The lowest BCUT2D eigenvalue weighted by Crippen LogP contribution is -1.98. The summed E-state index contributed by atoms with van der Waals surface area (Å²) in [6, 6.07) is 12.0. The van der Waals surface area contributed by atoms with Gasteiger partial charge >= 0.3 is 0 Å². The summed E-state index contributed by atoms with van der Waals surface area (Å²) in [5.74, 6) is 3.16. The van der Waals surface area contributed by atoms with Crippen molar-refractivity contribution in [3.63, 3.8) is 0 Å². The van der Waals surface area contributed by atoms with E-state index in [1.807, 2.05) is 24.3 Å². The SMILES string of the molecule is C#CCOc1c(Br)cc(Br)cc1C=Nc1ccc(CC)cc1. The van der Waals surface area contributed by atoms with E-state index >= 15 is 0 Å². The Morgan fingerprint density at radius 1 is 1.23 bits per heavy atom. The van der Waals surface area contributed by atoms with Crippen LogP contribution in [-0.4, -0.2) is 12.8 Å². The highest BCUT2D eigenvalue weighted by Crippen LogP contribution is 2.32. The Morgan fingerprint density at radius 2 is 1.95 bits per heavy atom. The molecule has 0 amide bonds. The van der Waals surface area contributed by atoms with Crippen molar-refractivity contribution in [3.8, 4) is 18.1 Å². The number of hydrogen-bond donors (Lipinski definition) is 0. The van der Waals surface area contributed by atoms with E-state index in [2.05, 4.69) is 61.8 Å². The molecule has 22 heavy (non-hydrogen) atoms. The van der Waals surface area contributed by atoms with Crippen molar-refractivity contribution in [2.45, 2.75) is 13.3 Å². The minimum atomic E-state index is 0.215. The fraction of sp³-hybridized carbons (Fsp3) is 0.167. The van der Waals surface area contributed by atoms with Gasteiger partial charge in [0.15, 0.2) is 0 Å². The molecule has 0 aliphatic rings. The number of aliphatic imine (C=N–C) groups is 1. The molecule has 0 saturated heterocycles. The van der Waals surface area contributed by atoms with Crippen molar-refractivity contribution in [2.24, 2.45) is 4.99 Å². The number of rotatable bonds is 5. The van der Waals surface area contributed by atoms with Crippen LogP contribution in [0.15, 0.2) is 50.3 Å². The van der Waals surface area contributed by atoms with E-state index < -0.39 is 0 Å². The second-order valence-electron chi connectivity index (χ2n) is 4.58. The molecule has 0 spiro atoms. The summed E-state index contributed by atoms with van der Waals surface area (Å²) in [5.41, 5.74) is 3.05. The van der Waals surface area contributed by atoms with Crippen molar-refractivity contribution in [3.05, 3.63) is 56.5 Å². The molecule has 112 valence electrons. The van der Waals surface area contributed by atoms with Gasteiger partial charge in [-0.1, -0.05) is 40.9 Å². The van der Waals surface area contributed by atoms with Gasteiger partial charge in [0.1, 0.15) is 12.4 Å². The summed E-state index contributed by atoms with van der Waals surface area (Å²) in [6.07, 6.45) is 8.07. The van der Waals surface area contributed by atoms with E-state index in [0.717, 1.165) is 26.6 Å². The maximum Gasteiger partial charge on any atom is 0.148 e. The lowest BCUT2D eigenvalue weighted by molar-refractivity contribution is 0.367. The van der Waals surface area contributed by atoms with Gasteiger partial charge in [0.25, 0.3) is 0 Å². The second-order valence-corrected chi connectivity index (χ2v) is 6.35. The first-order chi connectivity index (χ1) is 10.6. The standard InChI is InChI=1S/C18H15Br2NO/c1-3-9-22-18-14(10-15(19)11-17(18)20)12-21-16-7-5-13(4-2)6-8-16/h1,5-8,10-12H,4,9H2,2H3. The van der Waals surface area contributed by atoms with Crippen LogP contribution in [0.25, 0.3) is 0 Å². The summed E-state index contributed by atoms with van der Waals surface area (Å²) in [4.78, 5) is 4.50. The number of terminal acetylenes is 1. The Labute approximate surface area is 147 Å². The minimum Gasteiger partial charge on any atom is -0.479 e. The highest BCUT2D eigenvalue weighted by atomic mass is 79.9. The lowest BCUT2D eigenvalue weighted by Gasteiger charge is -2.09. The molecule has 0 N–H and O–H groups in total. The van der Waals surface area contributed by atoms with Gasteiger partial charge in [-0.05, 0) is 52.2 Å². The molecule has 2 rings (SSSR count). The van der Waals surface area contributed by atoms with Crippen LogP contribution < -0.4 is 4.74 Å². The highest BCUT2D eigenvalue weighted by Gasteiger charge is 2.08. The molecule has 0 unspecified atom stereocenters. The van der Waals surface area contributed by atoms with Gasteiger partial charge in [0.2, 0.25) is 0 Å². The van der Waals surface area contributed by atoms with Crippen molar-refractivity contribution in [2.75, 3.05) is 6.61 Å². The van der Waals surface area contributed by atoms with Gasteiger partial charge < -0.3 is 4.74 Å². The molecular formula is C18H15Br2NO. The zero-order chi connectivity index (χ0) is 15.9. The Morgan fingerprint density at radius 3 is 2.59 bits per heavy atom. The molecular weight excluding hydrogens is 406 g/mol. The minimum absolute atomic E-state index is 0.215. The fourth-order valence-electron chi connectivity index (χ4n) is 1.90. The van der Waals surface area contributed by atoms with Crippen molar-refractivity contribution in [1.82, 2.24) is 0 Å². The van der Waals surface area contributed by atoms with Gasteiger partial charge in [0, 0.05) is 16.3 Å². The van der Waals surface area contributed by atoms with E-state index in [1.54, 1.807) is 6.21 Å². The van der Waals surface area contributed by atoms with Crippen LogP contribution in [0.2, 0.25) is 0 Å². The molecule has 0 fully saturated rings. The molecule has 2 aromatic rings. The molecule has 0 aliphatic heterocycles. The average Bonchev–Trinajstić information content (AvgIpc) is 2.52. The van der Waals surface area contributed by atoms with Gasteiger partial charge in [-0.15, -0.1) is 6.42 Å². The Kier molecular flexibility index (Phi) is 6.23. The van der Waals surface area contributed by atoms with Crippen LogP contribution in [0.5, 0.6) is 5.75 Å². The van der Waals surface area contributed by atoms with Crippen molar-refractivity contribution in [1.29, 1.82) is 0 Å². The molecule has 0 aliphatic carbocycles. The molecule has 0 atom stereocenters. The zero-order valence-corrected chi connectivity index (χ0v) is 15.3. The highest BCUT2D eigenvalue weighted by molar-refractivity contribution is 9.11. The van der Waals surface area contributed by atoms with Crippen LogP contribution in [0, 0.1) is 12.3 Å². The van der Waals surface area contributed by atoms with Crippen LogP contribution in [0.4, 0.5) is 5.69 Å².